The molecule has 0 aromatic carbocycles. The number of β-lactam (4-membered cyclic amide) rings is 1. The summed E-state index contributed by atoms with van der Waals surface area (Å²) in [4.78, 5) is 39.9. The third-order valence-electron chi connectivity index (χ3n) is 5.95. The van der Waals surface area contributed by atoms with E-state index in [2.05, 4.69) is 5.32 Å². The molecule has 0 aromatic rings. The number of aliphatic carboxylic acids is 1. The predicted molar refractivity (Wildman–Crippen MR) is 82.6 cm³/mol. The van der Waals surface area contributed by atoms with Gasteiger partial charge in [0, 0.05) is 24.7 Å². The number of carbonyl (C=O) groups excluding carboxylic acids is 2. The third kappa shape index (κ3) is 1.79. The van der Waals surface area contributed by atoms with Crippen LogP contribution in [0.3, 0.4) is 0 Å². The second-order valence-electron chi connectivity index (χ2n) is 7.38. The highest BCUT2D eigenvalue weighted by atomic mass is 16.4. The maximum absolute atomic E-state index is 12.5. The van der Waals surface area contributed by atoms with Gasteiger partial charge in [0.15, 0.2) is 0 Å². The number of hydrogen-bond acceptors (Lipinski definition) is 4. The second kappa shape index (κ2) is 4.69. The average Bonchev–Trinajstić information content (AvgIpc) is 3.21. The van der Waals surface area contributed by atoms with E-state index in [1.165, 1.54) is 4.90 Å². The average molecular weight is 329 g/mol. The van der Waals surface area contributed by atoms with Crippen molar-refractivity contribution >= 4 is 17.8 Å². The zero-order valence-electron chi connectivity index (χ0n) is 13.2. The molecule has 1 aliphatic carbocycles. The van der Waals surface area contributed by atoms with Gasteiger partial charge >= 0.3 is 5.97 Å². The highest BCUT2D eigenvalue weighted by Gasteiger charge is 2.59. The molecule has 0 bridgehead atoms. The fourth-order valence-corrected chi connectivity index (χ4v) is 4.67. The van der Waals surface area contributed by atoms with Gasteiger partial charge in [-0.1, -0.05) is 0 Å². The molecule has 7 heteroatoms. The van der Waals surface area contributed by atoms with E-state index in [9.17, 15) is 19.5 Å². The van der Waals surface area contributed by atoms with E-state index in [0.717, 1.165) is 25.9 Å². The molecule has 7 nitrogen and oxygen atoms in total. The Labute approximate surface area is 139 Å². The smallest absolute Gasteiger partial charge is 0.352 e. The number of carbonyl (C=O) groups is 3. The normalized spacial score (nSPS) is 36.5. The van der Waals surface area contributed by atoms with Crippen molar-refractivity contribution in [3.05, 3.63) is 22.9 Å². The van der Waals surface area contributed by atoms with Crippen molar-refractivity contribution in [2.24, 2.45) is 5.92 Å². The van der Waals surface area contributed by atoms with Crippen molar-refractivity contribution in [1.29, 1.82) is 0 Å². The van der Waals surface area contributed by atoms with Crippen LogP contribution in [0.15, 0.2) is 22.9 Å². The van der Waals surface area contributed by atoms with Crippen LogP contribution >= 0.6 is 0 Å². The third-order valence-corrected chi connectivity index (χ3v) is 5.95. The van der Waals surface area contributed by atoms with E-state index in [-0.39, 0.29) is 35.5 Å². The molecule has 24 heavy (non-hydrogen) atoms. The van der Waals surface area contributed by atoms with Crippen LogP contribution in [0.2, 0.25) is 0 Å². The van der Waals surface area contributed by atoms with Crippen molar-refractivity contribution in [2.75, 3.05) is 13.1 Å². The van der Waals surface area contributed by atoms with Crippen molar-refractivity contribution < 1.29 is 19.5 Å². The first-order chi connectivity index (χ1) is 11.6. The van der Waals surface area contributed by atoms with Gasteiger partial charge in [-0.15, -0.1) is 0 Å². The van der Waals surface area contributed by atoms with E-state index < -0.39 is 5.97 Å². The zero-order chi connectivity index (χ0) is 16.6. The lowest BCUT2D eigenvalue weighted by molar-refractivity contribution is -0.153. The highest BCUT2D eigenvalue weighted by Crippen LogP contribution is 2.44. The van der Waals surface area contributed by atoms with Crippen LogP contribution in [0.4, 0.5) is 0 Å². The molecular weight excluding hydrogens is 310 g/mol. The molecular formula is C17H19N3O4. The molecule has 0 aromatic heterocycles. The number of hydrogen-bond donors (Lipinski definition) is 2. The summed E-state index contributed by atoms with van der Waals surface area (Å²) >= 11 is 0. The van der Waals surface area contributed by atoms with Crippen LogP contribution in [0.1, 0.15) is 25.7 Å². The van der Waals surface area contributed by atoms with Gasteiger partial charge in [-0.05, 0) is 43.3 Å². The summed E-state index contributed by atoms with van der Waals surface area (Å²) in [6.07, 6.45) is 5.17. The topological polar surface area (TPSA) is 90.0 Å². The lowest BCUT2D eigenvalue weighted by atomic mass is 9.79. The molecule has 1 saturated carbocycles. The Bertz CT molecular complexity index is 736. The van der Waals surface area contributed by atoms with Crippen molar-refractivity contribution in [3.8, 4) is 0 Å². The molecule has 2 N–H and O–H groups in total. The Morgan fingerprint density at radius 3 is 2.79 bits per heavy atom. The Kier molecular flexibility index (Phi) is 2.78. The summed E-state index contributed by atoms with van der Waals surface area (Å²) in [5.74, 6) is -0.968. The maximum atomic E-state index is 12.5. The Balaban J connectivity index is 1.52. The van der Waals surface area contributed by atoms with Gasteiger partial charge in [-0.3, -0.25) is 14.5 Å². The number of carboxylic acids is 1. The maximum Gasteiger partial charge on any atom is 0.352 e. The standard InChI is InChI=1S/C17H19N3O4/c21-15-8(3-4-19(15)11-1-2-11)5-9-6-10-7-18-12-13(10)20(16(12)22)14(9)17(23)24/h5,10-13,18H,1-4,6-7H2,(H,23,24)/b8-5+/t10-,12+,13-/m1/s1. The van der Waals surface area contributed by atoms with Crippen molar-refractivity contribution in [3.63, 3.8) is 0 Å². The minimum absolute atomic E-state index is 0.0343. The molecule has 2 amide bonds. The molecule has 5 rings (SSSR count). The van der Waals surface area contributed by atoms with Crippen LogP contribution in [0.25, 0.3) is 0 Å². The van der Waals surface area contributed by atoms with E-state index in [0.29, 0.717) is 30.0 Å². The van der Waals surface area contributed by atoms with Crippen LogP contribution < -0.4 is 5.32 Å². The number of allylic oxidation sites excluding steroid dienone is 2. The first-order valence-corrected chi connectivity index (χ1v) is 8.60. The summed E-state index contributed by atoms with van der Waals surface area (Å²) < 4.78 is 0. The fraction of sp³-hybridized carbons (Fsp3) is 0.588. The first kappa shape index (κ1) is 14.2. The quantitative estimate of drug-likeness (QED) is 0.555. The summed E-state index contributed by atoms with van der Waals surface area (Å²) in [5.41, 5.74) is 1.39. The van der Waals surface area contributed by atoms with Gasteiger partial charge in [0.25, 0.3) is 0 Å². The first-order valence-electron chi connectivity index (χ1n) is 8.60. The lowest BCUT2D eigenvalue weighted by Gasteiger charge is -2.48. The molecule has 126 valence electrons. The molecule has 4 heterocycles. The van der Waals surface area contributed by atoms with Crippen LogP contribution in [-0.2, 0) is 14.4 Å². The summed E-state index contributed by atoms with van der Waals surface area (Å²) in [5, 5.41) is 12.8. The van der Waals surface area contributed by atoms with Gasteiger partial charge in [0.2, 0.25) is 11.8 Å². The Morgan fingerprint density at radius 1 is 1.29 bits per heavy atom. The van der Waals surface area contributed by atoms with Crippen LogP contribution in [0, 0.1) is 5.92 Å². The summed E-state index contributed by atoms with van der Waals surface area (Å²) in [6, 6.07) is 0.119. The Hall–Kier alpha value is -2.15. The molecule has 0 spiro atoms. The minimum Gasteiger partial charge on any atom is -0.477 e. The van der Waals surface area contributed by atoms with E-state index in [4.69, 9.17) is 0 Å². The molecule has 3 saturated heterocycles. The predicted octanol–water partition coefficient (Wildman–Crippen LogP) is -0.151. The number of nitrogens with zero attached hydrogens (tertiary/aromatic N) is 2. The summed E-state index contributed by atoms with van der Waals surface area (Å²) in [6.45, 7) is 1.45. The van der Waals surface area contributed by atoms with Gasteiger partial charge in [0.1, 0.15) is 11.7 Å². The molecule has 0 unspecified atom stereocenters. The number of carboxylic acid groups (broad SMARTS) is 1. The minimum atomic E-state index is -1.08. The fourth-order valence-electron chi connectivity index (χ4n) is 4.67. The van der Waals surface area contributed by atoms with Gasteiger partial charge in [-0.2, -0.15) is 0 Å². The van der Waals surface area contributed by atoms with E-state index >= 15 is 0 Å². The molecule has 3 atom stereocenters. The van der Waals surface area contributed by atoms with Gasteiger partial charge in [0.05, 0.1) is 6.04 Å². The van der Waals surface area contributed by atoms with Crippen molar-refractivity contribution in [2.45, 2.75) is 43.8 Å². The second-order valence-corrected chi connectivity index (χ2v) is 7.38. The molecule has 5 aliphatic rings. The molecule has 4 aliphatic heterocycles. The Morgan fingerprint density at radius 2 is 2.08 bits per heavy atom. The SMILES string of the molecule is O=C(O)C1=C(/C=C2\CCN(C3CC3)C2=O)C[C@@H]2CN[C@@H]3C(=O)N1[C@H]23. The summed E-state index contributed by atoms with van der Waals surface area (Å²) in [7, 11) is 0. The van der Waals surface area contributed by atoms with Crippen LogP contribution in [-0.4, -0.2) is 63.9 Å². The van der Waals surface area contributed by atoms with Crippen molar-refractivity contribution in [1.82, 2.24) is 15.1 Å². The number of amides is 2. The molecule has 0 radical (unpaired) electrons. The monoisotopic (exact) mass is 329 g/mol. The number of likely N-dealkylation sites (tertiary alicyclic amines) is 1. The zero-order valence-corrected chi connectivity index (χ0v) is 13.2. The largest absolute Gasteiger partial charge is 0.477 e. The number of nitrogens with one attached hydrogen (secondary N) is 1. The lowest BCUT2D eigenvalue weighted by Crippen LogP contribution is -2.68. The van der Waals surface area contributed by atoms with Gasteiger partial charge < -0.3 is 15.3 Å². The number of rotatable bonds is 3. The van der Waals surface area contributed by atoms with E-state index in [1.807, 2.05) is 4.90 Å². The molecule has 4 fully saturated rings. The van der Waals surface area contributed by atoms with Crippen LogP contribution in [0.5, 0.6) is 0 Å². The van der Waals surface area contributed by atoms with Gasteiger partial charge in [-0.25, -0.2) is 4.79 Å². The van der Waals surface area contributed by atoms with E-state index in [1.54, 1.807) is 6.08 Å². The highest BCUT2D eigenvalue weighted by molar-refractivity contribution is 6.02.